The van der Waals surface area contributed by atoms with Crippen LogP contribution in [0, 0.1) is 5.41 Å². The third-order valence-electron chi connectivity index (χ3n) is 2.09. The van der Waals surface area contributed by atoms with Gasteiger partial charge in [0.15, 0.2) is 5.78 Å². The first-order chi connectivity index (χ1) is 6.45. The Hall–Kier alpha value is -0.410. The van der Waals surface area contributed by atoms with Crippen LogP contribution in [-0.4, -0.2) is 28.6 Å². The quantitative estimate of drug-likeness (QED) is 0.754. The first kappa shape index (κ1) is 14.6. The van der Waals surface area contributed by atoms with Crippen LogP contribution >= 0.6 is 0 Å². The van der Waals surface area contributed by atoms with Crippen molar-refractivity contribution in [2.24, 2.45) is 5.41 Å². The summed E-state index contributed by atoms with van der Waals surface area (Å²) in [5.41, 5.74) is -0.609. The van der Waals surface area contributed by atoms with Crippen molar-refractivity contribution in [2.75, 3.05) is 0 Å². The number of nitrogens with one attached hydrogen (secondary N) is 1. The number of aliphatic hydroxyl groups excluding tert-OH is 1. The van der Waals surface area contributed by atoms with Crippen LogP contribution in [0.4, 0.5) is 0 Å². The topological polar surface area (TPSA) is 49.3 Å². The lowest BCUT2D eigenvalue weighted by Gasteiger charge is -2.33. The summed E-state index contributed by atoms with van der Waals surface area (Å²) in [6.45, 7) is 13.2. The summed E-state index contributed by atoms with van der Waals surface area (Å²) in [4.78, 5) is 12.1. The number of carbonyl (C=O) groups is 1. The second-order valence-electron chi connectivity index (χ2n) is 6.23. The Balaban J connectivity index is 4.77. The van der Waals surface area contributed by atoms with Crippen molar-refractivity contribution in [3.05, 3.63) is 0 Å². The lowest BCUT2D eigenvalue weighted by Crippen LogP contribution is -2.55. The summed E-state index contributed by atoms with van der Waals surface area (Å²) in [5.74, 6) is 0.0485. The fourth-order valence-electron chi connectivity index (χ4n) is 1.34. The summed E-state index contributed by atoms with van der Waals surface area (Å²) in [6.07, 6.45) is -0.670. The molecule has 0 aliphatic rings. The monoisotopic (exact) mass is 215 g/mol. The Morgan fingerprint density at radius 2 is 1.53 bits per heavy atom. The molecule has 2 atom stereocenters. The Morgan fingerprint density at radius 1 is 1.13 bits per heavy atom. The predicted molar refractivity (Wildman–Crippen MR) is 62.8 cm³/mol. The standard InChI is InChI=1S/C12H25NO2/c1-8(14)9(13-12(5,6)7)10(15)11(2,3)4/h8-9,13-14H,1-7H3/t8-,9-/m0/s1. The summed E-state index contributed by atoms with van der Waals surface area (Å²) >= 11 is 0. The molecular formula is C12H25NO2. The van der Waals surface area contributed by atoms with Crippen LogP contribution in [0.3, 0.4) is 0 Å². The Bertz CT molecular complexity index is 221. The molecule has 15 heavy (non-hydrogen) atoms. The minimum absolute atomic E-state index is 0.0485. The third kappa shape index (κ3) is 5.28. The fraction of sp³-hybridized carbons (Fsp3) is 0.917. The van der Waals surface area contributed by atoms with Crippen LogP contribution in [-0.2, 0) is 4.79 Å². The predicted octanol–water partition coefficient (Wildman–Crippen LogP) is 1.74. The van der Waals surface area contributed by atoms with Crippen LogP contribution in [0.2, 0.25) is 0 Å². The van der Waals surface area contributed by atoms with Gasteiger partial charge in [-0.05, 0) is 27.7 Å². The minimum atomic E-state index is -0.670. The number of rotatable bonds is 3. The van der Waals surface area contributed by atoms with Crippen molar-refractivity contribution in [1.82, 2.24) is 5.32 Å². The zero-order valence-electron chi connectivity index (χ0n) is 11.0. The molecule has 2 N–H and O–H groups in total. The van der Waals surface area contributed by atoms with E-state index < -0.39 is 17.6 Å². The van der Waals surface area contributed by atoms with Gasteiger partial charge in [0, 0.05) is 11.0 Å². The van der Waals surface area contributed by atoms with E-state index in [0.717, 1.165) is 0 Å². The van der Waals surface area contributed by atoms with E-state index >= 15 is 0 Å². The maximum atomic E-state index is 12.1. The van der Waals surface area contributed by atoms with Gasteiger partial charge < -0.3 is 10.4 Å². The number of aliphatic hydroxyl groups is 1. The normalized spacial score (nSPS) is 17.3. The molecule has 0 radical (unpaired) electrons. The molecule has 0 rings (SSSR count). The van der Waals surface area contributed by atoms with Crippen molar-refractivity contribution >= 4 is 5.78 Å². The number of carbonyl (C=O) groups excluding carboxylic acids is 1. The number of Topliss-reactive ketones (excluding diaryl/α,β-unsaturated/α-hetero) is 1. The molecule has 90 valence electrons. The lowest BCUT2D eigenvalue weighted by atomic mass is 9.84. The van der Waals surface area contributed by atoms with Gasteiger partial charge in [-0.2, -0.15) is 0 Å². The van der Waals surface area contributed by atoms with E-state index in [0.29, 0.717) is 0 Å². The molecule has 0 aromatic rings. The first-order valence-corrected chi connectivity index (χ1v) is 5.45. The summed E-state index contributed by atoms with van der Waals surface area (Å²) < 4.78 is 0. The van der Waals surface area contributed by atoms with Crippen molar-refractivity contribution in [3.8, 4) is 0 Å². The molecule has 3 heteroatoms. The van der Waals surface area contributed by atoms with E-state index in [1.165, 1.54) is 0 Å². The molecular weight excluding hydrogens is 190 g/mol. The van der Waals surface area contributed by atoms with Gasteiger partial charge in [0.25, 0.3) is 0 Å². The second-order valence-corrected chi connectivity index (χ2v) is 6.23. The van der Waals surface area contributed by atoms with Crippen LogP contribution in [0.15, 0.2) is 0 Å². The third-order valence-corrected chi connectivity index (χ3v) is 2.09. The van der Waals surface area contributed by atoms with E-state index in [9.17, 15) is 9.90 Å². The average molecular weight is 215 g/mol. The number of ketones is 1. The second kappa shape index (κ2) is 4.62. The summed E-state index contributed by atoms with van der Waals surface area (Å²) in [5, 5.41) is 12.8. The van der Waals surface area contributed by atoms with E-state index in [4.69, 9.17) is 0 Å². The molecule has 0 saturated carbocycles. The zero-order chi connectivity index (χ0) is 12.4. The van der Waals surface area contributed by atoms with E-state index in [1.807, 2.05) is 41.5 Å². The van der Waals surface area contributed by atoms with Gasteiger partial charge >= 0.3 is 0 Å². The Kier molecular flexibility index (Phi) is 4.49. The van der Waals surface area contributed by atoms with Crippen molar-refractivity contribution in [3.63, 3.8) is 0 Å². The molecule has 0 spiro atoms. The van der Waals surface area contributed by atoms with Crippen molar-refractivity contribution in [1.29, 1.82) is 0 Å². The van der Waals surface area contributed by atoms with Crippen molar-refractivity contribution < 1.29 is 9.90 Å². The molecule has 0 heterocycles. The van der Waals surface area contributed by atoms with E-state index in [1.54, 1.807) is 6.92 Å². The van der Waals surface area contributed by atoms with Crippen LogP contribution in [0.25, 0.3) is 0 Å². The highest BCUT2D eigenvalue weighted by atomic mass is 16.3. The maximum absolute atomic E-state index is 12.1. The van der Waals surface area contributed by atoms with Crippen LogP contribution in [0.5, 0.6) is 0 Å². The van der Waals surface area contributed by atoms with Gasteiger partial charge in [-0.3, -0.25) is 4.79 Å². The van der Waals surface area contributed by atoms with E-state index in [2.05, 4.69) is 5.32 Å². The van der Waals surface area contributed by atoms with Gasteiger partial charge in [-0.1, -0.05) is 20.8 Å². The molecule has 0 aliphatic heterocycles. The van der Waals surface area contributed by atoms with Crippen molar-refractivity contribution in [2.45, 2.75) is 66.2 Å². The molecule has 0 saturated heterocycles. The minimum Gasteiger partial charge on any atom is -0.391 e. The van der Waals surface area contributed by atoms with Gasteiger partial charge in [0.2, 0.25) is 0 Å². The molecule has 0 aromatic carbocycles. The molecule has 3 nitrogen and oxygen atoms in total. The van der Waals surface area contributed by atoms with E-state index in [-0.39, 0.29) is 11.3 Å². The van der Waals surface area contributed by atoms with Gasteiger partial charge in [0.1, 0.15) is 0 Å². The highest BCUT2D eigenvalue weighted by molar-refractivity contribution is 5.89. The molecule has 0 amide bonds. The molecule has 0 unspecified atom stereocenters. The SMILES string of the molecule is C[C@H](O)[C@H](NC(C)(C)C)C(=O)C(C)(C)C. The average Bonchev–Trinajstić information content (AvgIpc) is 1.94. The smallest absolute Gasteiger partial charge is 0.157 e. The van der Waals surface area contributed by atoms with Gasteiger partial charge in [0.05, 0.1) is 12.1 Å². The highest BCUT2D eigenvalue weighted by Crippen LogP contribution is 2.19. The van der Waals surface area contributed by atoms with Gasteiger partial charge in [-0.25, -0.2) is 0 Å². The zero-order valence-corrected chi connectivity index (χ0v) is 11.0. The van der Waals surface area contributed by atoms with Gasteiger partial charge in [-0.15, -0.1) is 0 Å². The summed E-state index contributed by atoms with van der Waals surface area (Å²) in [6, 6.07) is -0.495. The highest BCUT2D eigenvalue weighted by Gasteiger charge is 2.34. The first-order valence-electron chi connectivity index (χ1n) is 5.45. The molecule has 0 fully saturated rings. The lowest BCUT2D eigenvalue weighted by molar-refractivity contribution is -0.131. The van der Waals surface area contributed by atoms with Crippen LogP contribution in [0.1, 0.15) is 48.5 Å². The Labute approximate surface area is 93.3 Å². The maximum Gasteiger partial charge on any atom is 0.157 e. The van der Waals surface area contributed by atoms with Crippen LogP contribution < -0.4 is 5.32 Å². The summed E-state index contributed by atoms with van der Waals surface area (Å²) in [7, 11) is 0. The molecule has 0 aliphatic carbocycles. The largest absolute Gasteiger partial charge is 0.391 e. The fourth-order valence-corrected chi connectivity index (χ4v) is 1.34. The molecule has 0 bridgehead atoms. The number of hydrogen-bond donors (Lipinski definition) is 2. The Morgan fingerprint density at radius 3 is 1.73 bits per heavy atom. The number of hydrogen-bond acceptors (Lipinski definition) is 3. The molecule has 0 aromatic heterocycles.